The normalized spacial score (nSPS) is 16.1. The van der Waals surface area contributed by atoms with E-state index in [9.17, 15) is 19.2 Å². The van der Waals surface area contributed by atoms with E-state index >= 15 is 0 Å². The maximum absolute atomic E-state index is 12.6. The minimum atomic E-state index is -1.47. The van der Waals surface area contributed by atoms with Crippen LogP contribution in [0.3, 0.4) is 0 Å². The third-order valence-electron chi connectivity index (χ3n) is 4.65. The van der Waals surface area contributed by atoms with Crippen molar-refractivity contribution in [2.24, 2.45) is 17.4 Å². The number of carboxylic acids is 1. The fourth-order valence-electron chi connectivity index (χ4n) is 2.45. The highest BCUT2D eigenvalue weighted by Crippen LogP contribution is 2.09. The molecule has 29 heavy (non-hydrogen) atoms. The van der Waals surface area contributed by atoms with E-state index in [1.54, 1.807) is 6.92 Å². The van der Waals surface area contributed by atoms with Gasteiger partial charge in [-0.25, -0.2) is 4.79 Å². The van der Waals surface area contributed by atoms with Gasteiger partial charge in [0.2, 0.25) is 17.7 Å². The number of carboxylic acid groups (broad SMARTS) is 1. The molecule has 168 valence electrons. The molecule has 0 saturated heterocycles. The molecule has 0 aliphatic rings. The van der Waals surface area contributed by atoms with Gasteiger partial charge in [-0.3, -0.25) is 14.4 Å². The maximum Gasteiger partial charge on any atom is 0.328 e. The van der Waals surface area contributed by atoms with Crippen molar-refractivity contribution >= 4 is 23.7 Å². The number of nitrogens with one attached hydrogen (secondary N) is 3. The van der Waals surface area contributed by atoms with Gasteiger partial charge < -0.3 is 37.6 Å². The summed E-state index contributed by atoms with van der Waals surface area (Å²) in [6, 6.07) is -4.23. The van der Waals surface area contributed by atoms with Crippen molar-refractivity contribution in [2.45, 2.75) is 70.6 Å². The van der Waals surface area contributed by atoms with Gasteiger partial charge in [-0.15, -0.1) is 0 Å². The minimum Gasteiger partial charge on any atom is -0.480 e. The third-order valence-corrected chi connectivity index (χ3v) is 4.65. The summed E-state index contributed by atoms with van der Waals surface area (Å²) in [6.45, 7) is 4.73. The number of nitrogens with two attached hydrogens (primary N) is 2. The van der Waals surface area contributed by atoms with Gasteiger partial charge in [0.05, 0.1) is 12.6 Å². The van der Waals surface area contributed by atoms with Gasteiger partial charge in [0.15, 0.2) is 0 Å². The first-order valence-electron chi connectivity index (χ1n) is 9.79. The van der Waals surface area contributed by atoms with Crippen LogP contribution in [-0.4, -0.2) is 71.2 Å². The van der Waals surface area contributed by atoms with Crippen LogP contribution in [0, 0.1) is 5.92 Å². The molecule has 0 spiro atoms. The number of carbonyl (C=O) groups is 4. The average Bonchev–Trinajstić information content (AvgIpc) is 2.68. The van der Waals surface area contributed by atoms with E-state index in [-0.39, 0.29) is 5.92 Å². The lowest BCUT2D eigenvalue weighted by atomic mass is 9.97. The zero-order valence-electron chi connectivity index (χ0n) is 17.3. The molecule has 0 bridgehead atoms. The van der Waals surface area contributed by atoms with Crippen molar-refractivity contribution in [3.05, 3.63) is 0 Å². The second-order valence-electron chi connectivity index (χ2n) is 7.08. The first kappa shape index (κ1) is 26.8. The number of hydrogen-bond acceptors (Lipinski definition) is 7. The monoisotopic (exact) mass is 417 g/mol. The maximum atomic E-state index is 12.6. The summed E-state index contributed by atoms with van der Waals surface area (Å²) in [7, 11) is 0. The first-order chi connectivity index (χ1) is 13.6. The van der Waals surface area contributed by atoms with E-state index in [0.29, 0.717) is 25.8 Å². The molecule has 0 aromatic rings. The molecule has 0 rings (SSSR count). The van der Waals surface area contributed by atoms with E-state index in [1.807, 2.05) is 6.92 Å². The van der Waals surface area contributed by atoms with Crippen molar-refractivity contribution in [3.8, 4) is 0 Å². The summed E-state index contributed by atoms with van der Waals surface area (Å²) in [5.74, 6) is -3.44. The molecular weight excluding hydrogens is 382 g/mol. The van der Waals surface area contributed by atoms with Gasteiger partial charge in [-0.2, -0.15) is 0 Å². The van der Waals surface area contributed by atoms with E-state index < -0.39 is 54.5 Å². The van der Waals surface area contributed by atoms with Crippen LogP contribution in [0.15, 0.2) is 0 Å². The quantitative estimate of drug-likeness (QED) is 0.158. The Hall–Kier alpha value is -2.24. The number of hydrogen-bond donors (Lipinski definition) is 7. The van der Waals surface area contributed by atoms with E-state index in [2.05, 4.69) is 16.0 Å². The molecule has 11 heteroatoms. The van der Waals surface area contributed by atoms with Crippen molar-refractivity contribution in [2.75, 3.05) is 13.2 Å². The Balaban J connectivity index is 4.96. The predicted molar refractivity (Wildman–Crippen MR) is 107 cm³/mol. The summed E-state index contributed by atoms with van der Waals surface area (Å²) in [4.78, 5) is 47.9. The van der Waals surface area contributed by atoms with Crippen molar-refractivity contribution in [1.82, 2.24) is 16.0 Å². The fraction of sp³-hybridized carbons (Fsp3) is 0.778. The van der Waals surface area contributed by atoms with E-state index in [0.717, 1.165) is 6.42 Å². The van der Waals surface area contributed by atoms with Crippen LogP contribution in [0.2, 0.25) is 0 Å². The molecule has 0 radical (unpaired) electrons. The number of aliphatic hydroxyl groups excluding tert-OH is 1. The molecule has 9 N–H and O–H groups in total. The average molecular weight is 418 g/mol. The highest BCUT2D eigenvalue weighted by Gasteiger charge is 2.30. The lowest BCUT2D eigenvalue weighted by Gasteiger charge is -2.26. The number of carbonyl (C=O) groups excluding carboxylic acids is 3. The number of aliphatic hydroxyl groups is 1. The number of amides is 3. The Bertz CT molecular complexity index is 559. The summed E-state index contributed by atoms with van der Waals surface area (Å²) >= 11 is 0. The summed E-state index contributed by atoms with van der Waals surface area (Å²) in [5.41, 5.74) is 11.3. The van der Waals surface area contributed by atoms with Crippen LogP contribution < -0.4 is 27.4 Å². The molecule has 0 aromatic heterocycles. The number of unbranched alkanes of at least 4 members (excludes halogenated alkanes) is 1. The topological polar surface area (TPSA) is 197 Å². The van der Waals surface area contributed by atoms with Crippen molar-refractivity contribution in [1.29, 1.82) is 0 Å². The van der Waals surface area contributed by atoms with E-state index in [4.69, 9.17) is 21.7 Å². The Kier molecular flexibility index (Phi) is 12.8. The Morgan fingerprint density at radius 1 is 0.966 bits per heavy atom. The second kappa shape index (κ2) is 13.9. The number of aliphatic carboxylic acids is 1. The molecule has 3 amide bonds. The third kappa shape index (κ3) is 9.68. The molecule has 0 aliphatic heterocycles. The van der Waals surface area contributed by atoms with Gasteiger partial charge in [0, 0.05) is 0 Å². The molecule has 0 aromatic carbocycles. The zero-order chi connectivity index (χ0) is 22.6. The van der Waals surface area contributed by atoms with Gasteiger partial charge >= 0.3 is 5.97 Å². The Morgan fingerprint density at radius 3 is 2.07 bits per heavy atom. The van der Waals surface area contributed by atoms with Crippen molar-refractivity contribution in [3.63, 3.8) is 0 Å². The number of rotatable bonds is 14. The van der Waals surface area contributed by atoms with Gasteiger partial charge in [-0.1, -0.05) is 26.7 Å². The van der Waals surface area contributed by atoms with Crippen LogP contribution in [0.1, 0.15) is 46.5 Å². The molecule has 0 aliphatic carbocycles. The smallest absolute Gasteiger partial charge is 0.328 e. The predicted octanol–water partition coefficient (Wildman–Crippen LogP) is -1.96. The molecule has 5 unspecified atom stereocenters. The van der Waals surface area contributed by atoms with Crippen LogP contribution in [0.4, 0.5) is 0 Å². The summed E-state index contributed by atoms with van der Waals surface area (Å²) in [6.07, 6.45) is 2.47. The molecule has 11 nitrogen and oxygen atoms in total. The largest absolute Gasteiger partial charge is 0.480 e. The Labute approximate surface area is 171 Å². The zero-order valence-corrected chi connectivity index (χ0v) is 17.3. The Morgan fingerprint density at radius 2 is 1.59 bits per heavy atom. The van der Waals surface area contributed by atoms with Gasteiger partial charge in [0.25, 0.3) is 0 Å². The first-order valence-corrected chi connectivity index (χ1v) is 9.79. The van der Waals surface area contributed by atoms with Gasteiger partial charge in [0.1, 0.15) is 18.1 Å². The summed E-state index contributed by atoms with van der Waals surface area (Å²) in [5, 5.41) is 25.1. The highest BCUT2D eigenvalue weighted by atomic mass is 16.4. The van der Waals surface area contributed by atoms with Crippen LogP contribution in [0.25, 0.3) is 0 Å². The second-order valence-corrected chi connectivity index (χ2v) is 7.08. The van der Waals surface area contributed by atoms with Crippen LogP contribution in [0.5, 0.6) is 0 Å². The standard InChI is InChI=1S/C18H35N5O6/c1-4-10(2)14(23-16(26)12(20)7-5-6-8-19)17(27)21-11(3)15(25)22-13(9-24)18(28)29/h10-14,24H,4-9,19-20H2,1-3H3,(H,21,27)(H,22,25)(H,23,26)(H,28,29). The van der Waals surface area contributed by atoms with E-state index in [1.165, 1.54) is 6.92 Å². The lowest BCUT2D eigenvalue weighted by Crippen LogP contribution is -2.58. The molecule has 0 saturated carbocycles. The molecule has 0 heterocycles. The SMILES string of the molecule is CCC(C)C(NC(=O)C(N)CCCCN)C(=O)NC(C)C(=O)NC(CO)C(=O)O. The summed E-state index contributed by atoms with van der Waals surface area (Å²) < 4.78 is 0. The fourth-order valence-corrected chi connectivity index (χ4v) is 2.45. The molecular formula is C18H35N5O6. The highest BCUT2D eigenvalue weighted by molar-refractivity contribution is 5.94. The minimum absolute atomic E-state index is 0.227. The molecule has 5 atom stereocenters. The van der Waals surface area contributed by atoms with Crippen LogP contribution in [-0.2, 0) is 19.2 Å². The van der Waals surface area contributed by atoms with Crippen LogP contribution >= 0.6 is 0 Å². The lowest BCUT2D eigenvalue weighted by molar-refractivity contribution is -0.143. The molecule has 0 fully saturated rings. The van der Waals surface area contributed by atoms with Gasteiger partial charge in [-0.05, 0) is 32.2 Å². The van der Waals surface area contributed by atoms with Crippen molar-refractivity contribution < 1.29 is 29.4 Å².